The zero-order valence-electron chi connectivity index (χ0n) is 12.9. The van der Waals surface area contributed by atoms with Crippen LogP contribution < -0.4 is 5.32 Å². The molecule has 0 aromatic carbocycles. The molecule has 1 rings (SSSR count). The highest BCUT2D eigenvalue weighted by atomic mass is 32.2. The van der Waals surface area contributed by atoms with Crippen molar-refractivity contribution in [2.24, 2.45) is 5.41 Å². The molecule has 2 heteroatoms. The quantitative estimate of drug-likeness (QED) is 0.633. The molecule has 0 saturated heterocycles. The van der Waals surface area contributed by atoms with Crippen molar-refractivity contribution < 1.29 is 0 Å². The van der Waals surface area contributed by atoms with Crippen LogP contribution in [-0.2, 0) is 0 Å². The van der Waals surface area contributed by atoms with Gasteiger partial charge in [0.05, 0.1) is 0 Å². The Hall–Kier alpha value is 0.310. The highest BCUT2D eigenvalue weighted by Gasteiger charge is 2.34. The Labute approximate surface area is 119 Å². The van der Waals surface area contributed by atoms with Crippen LogP contribution >= 0.6 is 11.8 Å². The fraction of sp³-hybridized carbons (Fsp3) is 1.00. The third-order valence-corrected chi connectivity index (χ3v) is 5.52. The van der Waals surface area contributed by atoms with Gasteiger partial charge < -0.3 is 5.32 Å². The minimum absolute atomic E-state index is 0.562. The first kappa shape index (κ1) is 16.4. The monoisotopic (exact) mass is 271 g/mol. The number of nitrogens with one attached hydrogen (secondary N) is 1. The lowest BCUT2D eigenvalue weighted by Gasteiger charge is -2.41. The van der Waals surface area contributed by atoms with E-state index in [1.807, 2.05) is 0 Å². The van der Waals surface area contributed by atoms with Crippen molar-refractivity contribution in [2.75, 3.05) is 12.3 Å². The molecule has 1 fully saturated rings. The largest absolute Gasteiger partial charge is 0.313 e. The van der Waals surface area contributed by atoms with Crippen molar-refractivity contribution in [1.29, 1.82) is 0 Å². The van der Waals surface area contributed by atoms with Crippen molar-refractivity contribution in [3.63, 3.8) is 0 Å². The van der Waals surface area contributed by atoms with E-state index in [2.05, 4.69) is 44.8 Å². The average Bonchev–Trinajstić information content (AvgIpc) is 2.33. The maximum absolute atomic E-state index is 3.78. The van der Waals surface area contributed by atoms with Crippen LogP contribution in [0.4, 0.5) is 0 Å². The molecule has 0 bridgehead atoms. The Kier molecular flexibility index (Phi) is 7.70. The molecule has 0 aliphatic heterocycles. The first-order chi connectivity index (χ1) is 8.59. The fourth-order valence-corrected chi connectivity index (χ4v) is 4.55. The average molecular weight is 272 g/mol. The first-order valence-electron chi connectivity index (χ1n) is 7.94. The predicted octanol–water partition coefficient (Wildman–Crippen LogP) is 4.86. The minimum atomic E-state index is 0.562. The van der Waals surface area contributed by atoms with Crippen LogP contribution in [0.25, 0.3) is 0 Å². The predicted molar refractivity (Wildman–Crippen MR) is 85.5 cm³/mol. The zero-order valence-corrected chi connectivity index (χ0v) is 13.7. The van der Waals surface area contributed by atoms with Crippen molar-refractivity contribution in [3.8, 4) is 0 Å². The molecule has 108 valence electrons. The molecule has 2 atom stereocenters. The lowest BCUT2D eigenvalue weighted by atomic mass is 9.75. The van der Waals surface area contributed by atoms with E-state index in [4.69, 9.17) is 0 Å². The Morgan fingerprint density at radius 1 is 1.17 bits per heavy atom. The topological polar surface area (TPSA) is 12.0 Å². The second-order valence-corrected chi connectivity index (χ2v) is 7.93. The summed E-state index contributed by atoms with van der Waals surface area (Å²) >= 11 is 2.24. The van der Waals surface area contributed by atoms with Gasteiger partial charge in [0.15, 0.2) is 0 Å². The summed E-state index contributed by atoms with van der Waals surface area (Å²) < 4.78 is 0. The molecule has 1 N–H and O–H groups in total. The summed E-state index contributed by atoms with van der Waals surface area (Å²) in [5.41, 5.74) is 0.562. The van der Waals surface area contributed by atoms with Gasteiger partial charge in [0.1, 0.15) is 0 Å². The second-order valence-electron chi connectivity index (χ2n) is 6.58. The van der Waals surface area contributed by atoms with E-state index in [1.54, 1.807) is 0 Å². The van der Waals surface area contributed by atoms with Gasteiger partial charge in [-0.1, -0.05) is 40.5 Å². The Morgan fingerprint density at radius 2 is 1.94 bits per heavy atom. The Bertz CT molecular complexity index is 215. The SMILES string of the molecule is CCCCCSC1CC(C)(C)CCC1NCCC. The summed E-state index contributed by atoms with van der Waals surface area (Å²) in [5, 5.41) is 4.62. The van der Waals surface area contributed by atoms with Crippen LogP contribution in [0.2, 0.25) is 0 Å². The molecule has 2 unspecified atom stereocenters. The van der Waals surface area contributed by atoms with Gasteiger partial charge in [-0.2, -0.15) is 11.8 Å². The molecule has 0 spiro atoms. The molecule has 0 aromatic rings. The fourth-order valence-electron chi connectivity index (χ4n) is 2.85. The van der Waals surface area contributed by atoms with E-state index < -0.39 is 0 Å². The van der Waals surface area contributed by atoms with E-state index in [0.29, 0.717) is 5.41 Å². The molecule has 1 aliphatic carbocycles. The van der Waals surface area contributed by atoms with Gasteiger partial charge >= 0.3 is 0 Å². The zero-order chi connectivity index (χ0) is 13.4. The van der Waals surface area contributed by atoms with Crippen LogP contribution in [0.15, 0.2) is 0 Å². The molecule has 0 amide bonds. The van der Waals surface area contributed by atoms with Gasteiger partial charge in [-0.05, 0) is 49.8 Å². The molecule has 0 radical (unpaired) electrons. The van der Waals surface area contributed by atoms with E-state index in [0.717, 1.165) is 11.3 Å². The van der Waals surface area contributed by atoms with Gasteiger partial charge in [-0.3, -0.25) is 0 Å². The lowest BCUT2D eigenvalue weighted by molar-refractivity contribution is 0.214. The molecule has 0 aromatic heterocycles. The van der Waals surface area contributed by atoms with Crippen molar-refractivity contribution >= 4 is 11.8 Å². The summed E-state index contributed by atoms with van der Waals surface area (Å²) in [6.07, 6.45) is 9.56. The molecule has 0 heterocycles. The van der Waals surface area contributed by atoms with Gasteiger partial charge in [0, 0.05) is 11.3 Å². The van der Waals surface area contributed by atoms with E-state index in [1.165, 1.54) is 57.2 Å². The number of unbranched alkanes of at least 4 members (excludes halogenated alkanes) is 2. The molecule has 1 nitrogen and oxygen atoms in total. The molecule has 18 heavy (non-hydrogen) atoms. The Balaban J connectivity index is 2.38. The van der Waals surface area contributed by atoms with Crippen molar-refractivity contribution in [2.45, 2.75) is 83.9 Å². The molecule has 1 saturated carbocycles. The van der Waals surface area contributed by atoms with E-state index in [9.17, 15) is 0 Å². The summed E-state index contributed by atoms with van der Waals surface area (Å²) in [6, 6.07) is 0.768. The van der Waals surface area contributed by atoms with Crippen molar-refractivity contribution in [3.05, 3.63) is 0 Å². The van der Waals surface area contributed by atoms with Crippen molar-refractivity contribution in [1.82, 2.24) is 5.32 Å². The summed E-state index contributed by atoms with van der Waals surface area (Å²) in [6.45, 7) is 10.6. The number of hydrogen-bond acceptors (Lipinski definition) is 2. The summed E-state index contributed by atoms with van der Waals surface area (Å²) in [4.78, 5) is 0. The van der Waals surface area contributed by atoms with Crippen LogP contribution in [0.5, 0.6) is 0 Å². The molecule has 1 aliphatic rings. The maximum atomic E-state index is 3.78. The molecular weight excluding hydrogens is 238 g/mol. The number of hydrogen-bond donors (Lipinski definition) is 1. The summed E-state index contributed by atoms with van der Waals surface area (Å²) in [7, 11) is 0. The van der Waals surface area contributed by atoms with Gasteiger partial charge in [-0.15, -0.1) is 0 Å². The van der Waals surface area contributed by atoms with Crippen LogP contribution in [-0.4, -0.2) is 23.6 Å². The third kappa shape index (κ3) is 5.97. The van der Waals surface area contributed by atoms with Crippen LogP contribution in [0, 0.1) is 5.41 Å². The van der Waals surface area contributed by atoms with Gasteiger partial charge in [-0.25, -0.2) is 0 Å². The van der Waals surface area contributed by atoms with E-state index in [-0.39, 0.29) is 0 Å². The summed E-state index contributed by atoms with van der Waals surface area (Å²) in [5.74, 6) is 1.36. The normalized spacial score (nSPS) is 27.3. The third-order valence-electron chi connectivity index (χ3n) is 4.07. The second kappa shape index (κ2) is 8.47. The standard InChI is InChI=1S/C16H33NS/c1-5-7-8-12-18-15-13-16(3,4)10-9-14(15)17-11-6-2/h14-15,17H,5-13H2,1-4H3. The van der Waals surface area contributed by atoms with Gasteiger partial charge in [0.2, 0.25) is 0 Å². The van der Waals surface area contributed by atoms with E-state index >= 15 is 0 Å². The number of thioether (sulfide) groups is 1. The maximum Gasteiger partial charge on any atom is 0.0206 e. The Morgan fingerprint density at radius 3 is 2.61 bits per heavy atom. The number of rotatable bonds is 8. The minimum Gasteiger partial charge on any atom is -0.313 e. The van der Waals surface area contributed by atoms with Gasteiger partial charge in [0.25, 0.3) is 0 Å². The van der Waals surface area contributed by atoms with Crippen LogP contribution in [0.1, 0.15) is 72.6 Å². The highest BCUT2D eigenvalue weighted by Crippen LogP contribution is 2.40. The lowest BCUT2D eigenvalue weighted by Crippen LogP contribution is -2.45. The first-order valence-corrected chi connectivity index (χ1v) is 8.99. The van der Waals surface area contributed by atoms with Crippen LogP contribution in [0.3, 0.4) is 0 Å². The highest BCUT2D eigenvalue weighted by molar-refractivity contribution is 7.99. The smallest absolute Gasteiger partial charge is 0.0206 e. The molecular formula is C16H33NS.